The molecule has 26 heavy (non-hydrogen) atoms. The standard InChI is InChI=1S/C17H19N5O4/c23-15(13-3-6-16-19-20-21-22(16)11-13)10-18-7-8-26-14-4-1-12(2-5-14)9-17(24)25/h1-6,11,15,18,23H,7-10H2,(H,24,25). The van der Waals surface area contributed by atoms with Crippen molar-refractivity contribution < 1.29 is 19.7 Å². The summed E-state index contributed by atoms with van der Waals surface area (Å²) in [6.45, 7) is 1.35. The number of aliphatic hydroxyl groups is 1. The minimum atomic E-state index is -0.861. The third kappa shape index (κ3) is 4.74. The number of tetrazole rings is 1. The third-order valence-corrected chi connectivity index (χ3v) is 3.76. The predicted molar refractivity (Wildman–Crippen MR) is 91.9 cm³/mol. The molecular formula is C17H19N5O4. The summed E-state index contributed by atoms with van der Waals surface area (Å²) in [5, 5.41) is 33.2. The van der Waals surface area contributed by atoms with Gasteiger partial charge in [0.25, 0.3) is 0 Å². The smallest absolute Gasteiger partial charge is 0.307 e. The van der Waals surface area contributed by atoms with Gasteiger partial charge in [0.05, 0.1) is 12.5 Å². The first kappa shape index (κ1) is 17.8. The summed E-state index contributed by atoms with van der Waals surface area (Å²) < 4.78 is 7.09. The van der Waals surface area contributed by atoms with Crippen molar-refractivity contribution in [3.8, 4) is 5.75 Å². The van der Waals surface area contributed by atoms with E-state index in [4.69, 9.17) is 9.84 Å². The summed E-state index contributed by atoms with van der Waals surface area (Å²) in [5.41, 5.74) is 2.06. The molecule has 0 saturated heterocycles. The molecule has 0 aliphatic carbocycles. The maximum Gasteiger partial charge on any atom is 0.307 e. The second-order valence-electron chi connectivity index (χ2n) is 5.73. The van der Waals surface area contributed by atoms with Gasteiger partial charge in [-0.1, -0.05) is 18.2 Å². The molecule has 3 N–H and O–H groups in total. The lowest BCUT2D eigenvalue weighted by Crippen LogP contribution is -2.26. The van der Waals surface area contributed by atoms with Crippen LogP contribution in [0.25, 0.3) is 5.65 Å². The van der Waals surface area contributed by atoms with Crippen LogP contribution in [0.3, 0.4) is 0 Å². The Morgan fingerprint density at radius 2 is 2.04 bits per heavy atom. The van der Waals surface area contributed by atoms with Gasteiger partial charge in [0.1, 0.15) is 12.4 Å². The number of hydrogen-bond donors (Lipinski definition) is 3. The molecule has 3 aromatic rings. The minimum absolute atomic E-state index is 0.00380. The maximum atomic E-state index is 10.6. The number of nitrogens with one attached hydrogen (secondary N) is 1. The van der Waals surface area contributed by atoms with Crippen molar-refractivity contribution >= 4 is 11.6 Å². The average Bonchev–Trinajstić information content (AvgIpc) is 3.10. The van der Waals surface area contributed by atoms with Crippen molar-refractivity contribution in [1.82, 2.24) is 25.4 Å². The van der Waals surface area contributed by atoms with E-state index in [-0.39, 0.29) is 6.42 Å². The molecule has 9 nitrogen and oxygen atoms in total. The van der Waals surface area contributed by atoms with E-state index in [1.807, 2.05) is 0 Å². The molecule has 0 spiro atoms. The summed E-state index contributed by atoms with van der Waals surface area (Å²) in [7, 11) is 0. The second kappa shape index (κ2) is 8.37. The minimum Gasteiger partial charge on any atom is -0.492 e. The van der Waals surface area contributed by atoms with E-state index in [1.165, 1.54) is 4.52 Å². The maximum absolute atomic E-state index is 10.6. The zero-order valence-corrected chi connectivity index (χ0v) is 13.9. The van der Waals surface area contributed by atoms with Gasteiger partial charge in [0.15, 0.2) is 5.65 Å². The van der Waals surface area contributed by atoms with Crippen LogP contribution in [-0.4, -0.2) is 55.9 Å². The molecule has 136 valence electrons. The Balaban J connectivity index is 1.39. The number of hydrogen-bond acceptors (Lipinski definition) is 7. The number of ether oxygens (including phenoxy) is 1. The highest BCUT2D eigenvalue weighted by atomic mass is 16.5. The molecular weight excluding hydrogens is 338 g/mol. The van der Waals surface area contributed by atoms with Crippen molar-refractivity contribution in [3.63, 3.8) is 0 Å². The van der Waals surface area contributed by atoms with E-state index in [0.29, 0.717) is 36.7 Å². The van der Waals surface area contributed by atoms with Crippen LogP contribution in [0.2, 0.25) is 0 Å². The average molecular weight is 357 g/mol. The fraction of sp³-hybridized carbons (Fsp3) is 0.294. The zero-order chi connectivity index (χ0) is 18.4. The lowest BCUT2D eigenvalue weighted by molar-refractivity contribution is -0.136. The Morgan fingerprint density at radius 3 is 2.81 bits per heavy atom. The van der Waals surface area contributed by atoms with Crippen LogP contribution < -0.4 is 10.1 Å². The van der Waals surface area contributed by atoms with E-state index < -0.39 is 12.1 Å². The fourth-order valence-corrected chi connectivity index (χ4v) is 2.43. The molecule has 2 aromatic heterocycles. The third-order valence-electron chi connectivity index (χ3n) is 3.76. The highest BCUT2D eigenvalue weighted by molar-refractivity contribution is 5.70. The number of carboxylic acids is 1. The van der Waals surface area contributed by atoms with Gasteiger partial charge in [-0.05, 0) is 34.2 Å². The summed E-state index contributed by atoms with van der Waals surface area (Å²) in [6.07, 6.45) is 1.01. The molecule has 0 amide bonds. The molecule has 1 unspecified atom stereocenters. The van der Waals surface area contributed by atoms with Gasteiger partial charge in [-0.2, -0.15) is 0 Å². The van der Waals surface area contributed by atoms with E-state index in [1.54, 1.807) is 42.6 Å². The normalized spacial score (nSPS) is 12.2. The van der Waals surface area contributed by atoms with Gasteiger partial charge in [-0.25, -0.2) is 4.52 Å². The monoisotopic (exact) mass is 357 g/mol. The highest BCUT2D eigenvalue weighted by Gasteiger charge is 2.09. The SMILES string of the molecule is O=C(O)Cc1ccc(OCCNCC(O)c2ccc3nnnn3c2)cc1. The highest BCUT2D eigenvalue weighted by Crippen LogP contribution is 2.13. The first-order chi connectivity index (χ1) is 12.6. The van der Waals surface area contributed by atoms with Crippen LogP contribution in [0.15, 0.2) is 42.6 Å². The molecule has 0 bridgehead atoms. The Hall–Kier alpha value is -3.04. The first-order valence-corrected chi connectivity index (χ1v) is 8.12. The molecule has 0 fully saturated rings. The van der Waals surface area contributed by atoms with Gasteiger partial charge >= 0.3 is 5.97 Å². The Morgan fingerprint density at radius 1 is 1.23 bits per heavy atom. The lowest BCUT2D eigenvalue weighted by atomic mass is 10.1. The van der Waals surface area contributed by atoms with Crippen molar-refractivity contribution in [2.75, 3.05) is 19.7 Å². The Labute approximate surface area is 149 Å². The van der Waals surface area contributed by atoms with Crippen LogP contribution in [0, 0.1) is 0 Å². The molecule has 0 aliphatic rings. The van der Waals surface area contributed by atoms with Crippen molar-refractivity contribution in [3.05, 3.63) is 53.7 Å². The number of aromatic nitrogens is 4. The molecule has 0 aliphatic heterocycles. The molecule has 0 radical (unpaired) electrons. The van der Waals surface area contributed by atoms with Crippen LogP contribution >= 0.6 is 0 Å². The molecule has 1 aromatic carbocycles. The largest absolute Gasteiger partial charge is 0.492 e. The van der Waals surface area contributed by atoms with Gasteiger partial charge in [-0.15, -0.1) is 5.10 Å². The molecule has 1 atom stereocenters. The summed E-state index contributed by atoms with van der Waals surface area (Å²) in [5.74, 6) is -0.189. The summed E-state index contributed by atoms with van der Waals surface area (Å²) >= 11 is 0. The summed E-state index contributed by atoms with van der Waals surface area (Å²) in [4.78, 5) is 10.6. The first-order valence-electron chi connectivity index (χ1n) is 8.12. The van der Waals surface area contributed by atoms with E-state index in [9.17, 15) is 9.90 Å². The topological polar surface area (TPSA) is 122 Å². The van der Waals surface area contributed by atoms with Crippen LogP contribution in [0.1, 0.15) is 17.2 Å². The number of carbonyl (C=O) groups is 1. The number of nitrogens with zero attached hydrogens (tertiary/aromatic N) is 4. The lowest BCUT2D eigenvalue weighted by Gasteiger charge is -2.13. The van der Waals surface area contributed by atoms with Gasteiger partial charge in [0, 0.05) is 24.8 Å². The van der Waals surface area contributed by atoms with Crippen molar-refractivity contribution in [2.24, 2.45) is 0 Å². The quantitative estimate of drug-likeness (QED) is 0.472. The fourth-order valence-electron chi connectivity index (χ4n) is 2.43. The molecule has 3 rings (SSSR count). The zero-order valence-electron chi connectivity index (χ0n) is 13.9. The van der Waals surface area contributed by atoms with Crippen molar-refractivity contribution in [1.29, 1.82) is 0 Å². The predicted octanol–water partition coefficient (Wildman–Crippen LogP) is 0.453. The van der Waals surface area contributed by atoms with E-state index in [2.05, 4.69) is 20.8 Å². The number of aliphatic carboxylic acids is 1. The van der Waals surface area contributed by atoms with Crippen LogP contribution in [-0.2, 0) is 11.2 Å². The number of rotatable bonds is 9. The van der Waals surface area contributed by atoms with Gasteiger partial charge < -0.3 is 20.3 Å². The van der Waals surface area contributed by atoms with Crippen molar-refractivity contribution in [2.45, 2.75) is 12.5 Å². The number of carboxylic acid groups (broad SMARTS) is 1. The van der Waals surface area contributed by atoms with Crippen LogP contribution in [0.4, 0.5) is 0 Å². The van der Waals surface area contributed by atoms with E-state index >= 15 is 0 Å². The van der Waals surface area contributed by atoms with E-state index in [0.717, 1.165) is 5.56 Å². The van der Waals surface area contributed by atoms with Gasteiger partial charge in [-0.3, -0.25) is 4.79 Å². The Bertz CT molecular complexity index is 865. The second-order valence-corrected chi connectivity index (χ2v) is 5.73. The molecule has 0 saturated carbocycles. The number of benzene rings is 1. The molecule has 2 heterocycles. The van der Waals surface area contributed by atoms with Crippen LogP contribution in [0.5, 0.6) is 5.75 Å². The Kier molecular flexibility index (Phi) is 5.72. The number of fused-ring (bicyclic) bond motifs is 1. The molecule has 9 heteroatoms. The van der Waals surface area contributed by atoms with Gasteiger partial charge in [0.2, 0.25) is 0 Å². The summed E-state index contributed by atoms with van der Waals surface area (Å²) in [6, 6.07) is 10.5. The number of aliphatic hydroxyl groups excluding tert-OH is 1. The number of pyridine rings is 1.